The first-order valence-corrected chi connectivity index (χ1v) is 11.4. The Bertz CT molecular complexity index is 1150. The molecule has 5 heterocycles. The summed E-state index contributed by atoms with van der Waals surface area (Å²) in [5.41, 5.74) is 2.38. The molecule has 2 aliphatic heterocycles. The van der Waals surface area contributed by atoms with Gasteiger partial charge in [-0.15, -0.1) is 0 Å². The average molecular weight is 448 g/mol. The molecule has 0 unspecified atom stereocenters. The second-order valence-corrected chi connectivity index (χ2v) is 8.79. The lowest BCUT2D eigenvalue weighted by molar-refractivity contribution is 0.0743. The number of carbonyl (C=O) groups is 2. The van der Waals surface area contributed by atoms with Crippen LogP contribution in [-0.4, -0.2) is 87.8 Å². The fraction of sp³-hybridized carbons (Fsp3) is 0.417. The molecule has 0 saturated carbocycles. The van der Waals surface area contributed by atoms with Crippen molar-refractivity contribution in [1.29, 1.82) is 0 Å². The number of hydrogen-bond acceptors (Lipinski definition) is 5. The number of imidazole rings is 1. The van der Waals surface area contributed by atoms with E-state index in [0.717, 1.165) is 43.0 Å². The second kappa shape index (κ2) is 8.73. The van der Waals surface area contributed by atoms with Crippen molar-refractivity contribution in [3.05, 3.63) is 60.4 Å². The summed E-state index contributed by atoms with van der Waals surface area (Å²) in [6.07, 6.45) is 7.28. The zero-order valence-electron chi connectivity index (χ0n) is 19.1. The first-order valence-electron chi connectivity index (χ1n) is 11.4. The SMILES string of the molecule is CN(C)C(=O)N1CCC[C@@H]1c1nc(C(=O)N2CCN(c3ccncc3)CC2)c2ccccn12. The number of urea groups is 1. The average Bonchev–Trinajstić information content (AvgIpc) is 3.48. The lowest BCUT2D eigenvalue weighted by Crippen LogP contribution is -2.49. The number of piperazine rings is 1. The van der Waals surface area contributed by atoms with E-state index in [9.17, 15) is 9.59 Å². The number of nitrogens with zero attached hydrogens (tertiary/aromatic N) is 7. The van der Waals surface area contributed by atoms with Crippen LogP contribution in [0.3, 0.4) is 0 Å². The van der Waals surface area contributed by atoms with E-state index < -0.39 is 0 Å². The zero-order valence-corrected chi connectivity index (χ0v) is 19.1. The first kappa shape index (κ1) is 21.2. The van der Waals surface area contributed by atoms with E-state index in [1.165, 1.54) is 0 Å². The molecule has 33 heavy (non-hydrogen) atoms. The Morgan fingerprint density at radius 2 is 1.76 bits per heavy atom. The maximum atomic E-state index is 13.5. The standard InChI is InChI=1S/C24H29N7O2/c1-27(2)24(33)31-13-5-7-20(31)22-26-21(19-6-3-4-12-30(19)22)23(32)29-16-14-28(15-17-29)18-8-10-25-11-9-18/h3-4,6,8-12,20H,5,7,13-17H2,1-2H3/t20-/m1/s1. The van der Waals surface area contributed by atoms with Crippen molar-refractivity contribution >= 4 is 23.1 Å². The number of fused-ring (bicyclic) bond motifs is 1. The highest BCUT2D eigenvalue weighted by atomic mass is 16.2. The third kappa shape index (κ3) is 3.88. The van der Waals surface area contributed by atoms with E-state index in [1.807, 2.05) is 50.7 Å². The molecule has 0 aliphatic carbocycles. The van der Waals surface area contributed by atoms with Crippen LogP contribution in [0.15, 0.2) is 48.9 Å². The van der Waals surface area contributed by atoms with Gasteiger partial charge < -0.3 is 24.0 Å². The van der Waals surface area contributed by atoms with Crippen LogP contribution in [0.4, 0.5) is 10.5 Å². The molecule has 5 rings (SSSR count). The number of rotatable bonds is 3. The van der Waals surface area contributed by atoms with Gasteiger partial charge in [0.1, 0.15) is 5.82 Å². The maximum absolute atomic E-state index is 13.5. The van der Waals surface area contributed by atoms with E-state index in [1.54, 1.807) is 31.4 Å². The van der Waals surface area contributed by atoms with Crippen molar-refractivity contribution in [2.24, 2.45) is 0 Å². The molecule has 3 amide bonds. The summed E-state index contributed by atoms with van der Waals surface area (Å²) < 4.78 is 1.98. The van der Waals surface area contributed by atoms with Crippen molar-refractivity contribution < 1.29 is 9.59 Å². The molecule has 0 spiro atoms. The largest absolute Gasteiger partial charge is 0.368 e. The van der Waals surface area contributed by atoms with Crippen LogP contribution in [0.25, 0.3) is 5.52 Å². The third-order valence-electron chi connectivity index (χ3n) is 6.55. The van der Waals surface area contributed by atoms with Crippen LogP contribution in [0, 0.1) is 0 Å². The van der Waals surface area contributed by atoms with E-state index in [4.69, 9.17) is 4.98 Å². The number of amides is 3. The van der Waals surface area contributed by atoms with Crippen LogP contribution < -0.4 is 4.90 Å². The molecule has 9 heteroatoms. The topological polar surface area (TPSA) is 77.3 Å². The summed E-state index contributed by atoms with van der Waals surface area (Å²) in [7, 11) is 3.53. The summed E-state index contributed by atoms with van der Waals surface area (Å²) in [5.74, 6) is 0.708. The first-order chi connectivity index (χ1) is 16.0. The van der Waals surface area contributed by atoms with Gasteiger partial charge in [-0.05, 0) is 37.1 Å². The van der Waals surface area contributed by atoms with Crippen molar-refractivity contribution in [3.8, 4) is 0 Å². The van der Waals surface area contributed by atoms with Crippen LogP contribution in [0.5, 0.6) is 0 Å². The quantitative estimate of drug-likeness (QED) is 0.617. The summed E-state index contributed by atoms with van der Waals surface area (Å²) in [5, 5.41) is 0. The molecular weight excluding hydrogens is 418 g/mol. The van der Waals surface area contributed by atoms with Gasteiger partial charge in [-0.2, -0.15) is 0 Å². The predicted molar refractivity (Wildman–Crippen MR) is 125 cm³/mol. The Hall–Kier alpha value is -3.62. The molecule has 172 valence electrons. The number of anilines is 1. The van der Waals surface area contributed by atoms with Crippen LogP contribution >= 0.6 is 0 Å². The fourth-order valence-electron chi connectivity index (χ4n) is 4.85. The molecule has 0 bridgehead atoms. The molecule has 1 atom stereocenters. The summed E-state index contributed by atoms with van der Waals surface area (Å²) in [6.45, 7) is 3.50. The molecule has 3 aromatic heterocycles. The van der Waals surface area contributed by atoms with Crippen molar-refractivity contribution in [3.63, 3.8) is 0 Å². The van der Waals surface area contributed by atoms with Crippen LogP contribution in [-0.2, 0) is 0 Å². The second-order valence-electron chi connectivity index (χ2n) is 8.79. The smallest absolute Gasteiger partial charge is 0.320 e. The number of hydrogen-bond donors (Lipinski definition) is 0. The molecule has 0 aromatic carbocycles. The monoisotopic (exact) mass is 447 g/mol. The fourth-order valence-corrected chi connectivity index (χ4v) is 4.85. The van der Waals surface area contributed by atoms with Crippen molar-refractivity contribution in [2.45, 2.75) is 18.9 Å². The Morgan fingerprint density at radius 1 is 1.00 bits per heavy atom. The lowest BCUT2D eigenvalue weighted by atomic mass is 10.2. The van der Waals surface area contributed by atoms with Crippen LogP contribution in [0.2, 0.25) is 0 Å². The van der Waals surface area contributed by atoms with E-state index in [0.29, 0.717) is 25.3 Å². The highest BCUT2D eigenvalue weighted by molar-refractivity contribution is 5.99. The summed E-state index contributed by atoms with van der Waals surface area (Å²) in [4.78, 5) is 42.8. The highest BCUT2D eigenvalue weighted by Gasteiger charge is 2.35. The molecule has 2 saturated heterocycles. The third-order valence-corrected chi connectivity index (χ3v) is 6.55. The molecule has 2 aliphatic rings. The number of likely N-dealkylation sites (tertiary alicyclic amines) is 1. The van der Waals surface area contributed by atoms with Gasteiger partial charge in [0, 0.05) is 71.1 Å². The molecule has 0 N–H and O–H groups in total. The Kier molecular flexibility index (Phi) is 5.62. The molecule has 0 radical (unpaired) electrons. The maximum Gasteiger partial charge on any atom is 0.320 e. The Balaban J connectivity index is 1.40. The van der Waals surface area contributed by atoms with Gasteiger partial charge in [-0.25, -0.2) is 9.78 Å². The number of pyridine rings is 2. The summed E-state index contributed by atoms with van der Waals surface area (Å²) >= 11 is 0. The van der Waals surface area contributed by atoms with Gasteiger partial charge in [-0.3, -0.25) is 9.78 Å². The minimum atomic E-state index is -0.139. The predicted octanol–water partition coefficient (Wildman–Crippen LogP) is 2.51. The number of carbonyl (C=O) groups excluding carboxylic acids is 2. The van der Waals surface area contributed by atoms with E-state index in [2.05, 4.69) is 9.88 Å². The molecular formula is C24H29N7O2. The van der Waals surface area contributed by atoms with Gasteiger partial charge in [-0.1, -0.05) is 6.07 Å². The minimum Gasteiger partial charge on any atom is -0.368 e. The van der Waals surface area contributed by atoms with Gasteiger partial charge in [0.15, 0.2) is 5.69 Å². The van der Waals surface area contributed by atoms with E-state index in [-0.39, 0.29) is 18.0 Å². The molecule has 9 nitrogen and oxygen atoms in total. The molecule has 2 fully saturated rings. The van der Waals surface area contributed by atoms with Gasteiger partial charge in [0.25, 0.3) is 5.91 Å². The van der Waals surface area contributed by atoms with Gasteiger partial charge >= 0.3 is 6.03 Å². The zero-order chi connectivity index (χ0) is 22.9. The Morgan fingerprint density at radius 3 is 2.48 bits per heavy atom. The van der Waals surface area contributed by atoms with Crippen molar-refractivity contribution in [1.82, 2.24) is 29.1 Å². The van der Waals surface area contributed by atoms with E-state index >= 15 is 0 Å². The highest BCUT2D eigenvalue weighted by Crippen LogP contribution is 2.33. The minimum absolute atomic E-state index is 0.0229. The van der Waals surface area contributed by atoms with Crippen LogP contribution in [0.1, 0.15) is 35.2 Å². The lowest BCUT2D eigenvalue weighted by Gasteiger charge is -2.35. The normalized spacial score (nSPS) is 18.7. The van der Waals surface area contributed by atoms with Crippen molar-refractivity contribution in [2.75, 3.05) is 51.7 Å². The van der Waals surface area contributed by atoms with Gasteiger partial charge in [0.05, 0.1) is 11.6 Å². The van der Waals surface area contributed by atoms with Gasteiger partial charge in [0.2, 0.25) is 0 Å². The molecule has 3 aromatic rings. The number of aromatic nitrogens is 3. The summed E-state index contributed by atoms with van der Waals surface area (Å²) in [6, 6.07) is 9.63. The Labute approximate surface area is 193 Å².